The van der Waals surface area contributed by atoms with Gasteiger partial charge < -0.3 is 40.3 Å². The zero-order valence-corrected chi connectivity index (χ0v) is 12.2. The molecule has 0 bridgehead atoms. The summed E-state index contributed by atoms with van der Waals surface area (Å²) in [5.74, 6) is -4.33. The van der Waals surface area contributed by atoms with Crippen LogP contribution in [-0.4, -0.2) is 87.4 Å². The number of aliphatic hydroxyl groups is 4. The first kappa shape index (κ1) is 18.7. The molecule has 0 aromatic heterocycles. The average molecular weight is 323 g/mol. The van der Waals surface area contributed by atoms with Gasteiger partial charge in [-0.15, -0.1) is 0 Å². The normalized spacial score (nSPS) is 34.7. The molecule has 22 heavy (non-hydrogen) atoms. The first-order valence-electron chi connectivity index (χ1n) is 6.57. The third-order valence-corrected chi connectivity index (χ3v) is 3.52. The fraction of sp³-hybridized carbons (Fsp3) is 0.833. The summed E-state index contributed by atoms with van der Waals surface area (Å²) in [6, 6.07) is -1.18. The maximum atomic E-state index is 11.3. The van der Waals surface area contributed by atoms with Crippen molar-refractivity contribution in [3.05, 3.63) is 0 Å². The van der Waals surface area contributed by atoms with Gasteiger partial charge in [-0.3, -0.25) is 4.79 Å². The summed E-state index contributed by atoms with van der Waals surface area (Å²) in [6.07, 6.45) is -6.84. The Morgan fingerprint density at radius 1 is 1.45 bits per heavy atom. The molecule has 6 atom stereocenters. The Morgan fingerprint density at radius 2 is 2.05 bits per heavy atom. The van der Waals surface area contributed by atoms with Crippen LogP contribution in [0, 0.1) is 0 Å². The molecule has 0 saturated carbocycles. The van der Waals surface area contributed by atoms with Gasteiger partial charge in [0.05, 0.1) is 18.8 Å². The molecule has 0 radical (unpaired) electrons. The molecule has 1 rings (SSSR count). The van der Waals surface area contributed by atoms with Crippen LogP contribution in [0.2, 0.25) is 0 Å². The van der Waals surface area contributed by atoms with Crippen molar-refractivity contribution in [1.82, 2.24) is 5.32 Å². The van der Waals surface area contributed by atoms with E-state index in [4.69, 9.17) is 14.6 Å². The van der Waals surface area contributed by atoms with Crippen LogP contribution in [0.5, 0.6) is 0 Å². The van der Waals surface area contributed by atoms with E-state index in [9.17, 15) is 30.0 Å². The standard InChI is InChI=1S/C12H21NO9/c1-5(15)13-8-6(16)3-12(21-2,11(19)20)22-10(8)9(18)7(17)4-14/h6-10,14,16-18H,3-4H2,1-2H3,(H,13,15)(H,19,20)/t6-,7-,8-,9+,10+,12+/m0/s1. The van der Waals surface area contributed by atoms with Gasteiger partial charge in [0.2, 0.25) is 5.91 Å². The van der Waals surface area contributed by atoms with Crippen LogP contribution >= 0.6 is 0 Å². The molecule has 0 aromatic carbocycles. The zero-order chi connectivity index (χ0) is 17.1. The van der Waals surface area contributed by atoms with Gasteiger partial charge >= 0.3 is 5.97 Å². The summed E-state index contributed by atoms with van der Waals surface area (Å²) in [4.78, 5) is 22.6. The molecular formula is C12H21NO9. The number of carboxylic acid groups (broad SMARTS) is 1. The van der Waals surface area contributed by atoms with Crippen LogP contribution in [0.3, 0.4) is 0 Å². The second kappa shape index (κ2) is 7.31. The van der Waals surface area contributed by atoms with Crippen molar-refractivity contribution >= 4 is 11.9 Å². The van der Waals surface area contributed by atoms with Gasteiger partial charge in [0.15, 0.2) is 0 Å². The summed E-state index contributed by atoms with van der Waals surface area (Å²) in [5, 5.41) is 50.1. The van der Waals surface area contributed by atoms with Crippen molar-refractivity contribution in [1.29, 1.82) is 0 Å². The molecule has 0 spiro atoms. The maximum Gasteiger partial charge on any atom is 0.364 e. The highest BCUT2D eigenvalue weighted by Crippen LogP contribution is 2.32. The number of carbonyl (C=O) groups excluding carboxylic acids is 1. The topological polar surface area (TPSA) is 166 Å². The third kappa shape index (κ3) is 3.72. The summed E-state index contributed by atoms with van der Waals surface area (Å²) >= 11 is 0. The number of aliphatic hydroxyl groups excluding tert-OH is 4. The van der Waals surface area contributed by atoms with Gasteiger partial charge in [0.25, 0.3) is 5.79 Å². The number of methoxy groups -OCH3 is 1. The lowest BCUT2D eigenvalue weighted by Crippen LogP contribution is -2.67. The van der Waals surface area contributed by atoms with Crippen LogP contribution in [-0.2, 0) is 19.1 Å². The Kier molecular flexibility index (Phi) is 6.23. The van der Waals surface area contributed by atoms with E-state index in [0.717, 1.165) is 14.0 Å². The van der Waals surface area contributed by atoms with Crippen molar-refractivity contribution < 1.29 is 44.6 Å². The quantitative estimate of drug-likeness (QED) is 0.295. The summed E-state index contributed by atoms with van der Waals surface area (Å²) < 4.78 is 10.0. The molecule has 10 heteroatoms. The van der Waals surface area contributed by atoms with E-state index >= 15 is 0 Å². The van der Waals surface area contributed by atoms with Crippen molar-refractivity contribution in [3.8, 4) is 0 Å². The van der Waals surface area contributed by atoms with Crippen molar-refractivity contribution in [3.63, 3.8) is 0 Å². The van der Waals surface area contributed by atoms with Crippen molar-refractivity contribution in [2.75, 3.05) is 13.7 Å². The number of nitrogens with one attached hydrogen (secondary N) is 1. The second-order valence-electron chi connectivity index (χ2n) is 5.08. The van der Waals surface area contributed by atoms with Gasteiger partial charge in [0, 0.05) is 20.5 Å². The summed E-state index contributed by atoms with van der Waals surface area (Å²) in [7, 11) is 1.05. The smallest absolute Gasteiger partial charge is 0.364 e. The first-order valence-corrected chi connectivity index (χ1v) is 6.57. The number of ether oxygens (including phenoxy) is 2. The molecule has 1 heterocycles. The number of carbonyl (C=O) groups is 2. The summed E-state index contributed by atoms with van der Waals surface area (Å²) in [6.45, 7) is 0.338. The average Bonchev–Trinajstić information content (AvgIpc) is 2.46. The van der Waals surface area contributed by atoms with Crippen LogP contribution < -0.4 is 5.32 Å². The number of amides is 1. The molecule has 1 aliphatic rings. The van der Waals surface area contributed by atoms with E-state index in [1.807, 2.05) is 0 Å². The third-order valence-electron chi connectivity index (χ3n) is 3.52. The van der Waals surface area contributed by atoms with Gasteiger partial charge in [-0.25, -0.2) is 4.79 Å². The van der Waals surface area contributed by atoms with Crippen molar-refractivity contribution in [2.24, 2.45) is 0 Å². The molecule has 1 saturated heterocycles. The highest BCUT2D eigenvalue weighted by Gasteiger charge is 2.55. The highest BCUT2D eigenvalue weighted by atomic mass is 16.7. The van der Waals surface area contributed by atoms with Crippen molar-refractivity contribution in [2.45, 2.75) is 49.6 Å². The number of rotatable bonds is 6. The Morgan fingerprint density at radius 3 is 2.45 bits per heavy atom. The second-order valence-corrected chi connectivity index (χ2v) is 5.08. The fourth-order valence-corrected chi connectivity index (χ4v) is 2.34. The van der Waals surface area contributed by atoms with Gasteiger partial charge in [-0.2, -0.15) is 0 Å². The number of carboxylic acids is 1. The fourth-order valence-electron chi connectivity index (χ4n) is 2.34. The molecule has 0 aromatic rings. The Balaban J connectivity index is 3.14. The summed E-state index contributed by atoms with van der Waals surface area (Å²) in [5.41, 5.74) is 0. The first-order chi connectivity index (χ1) is 10.2. The van der Waals surface area contributed by atoms with Gasteiger partial charge in [0.1, 0.15) is 18.3 Å². The lowest BCUT2D eigenvalue weighted by atomic mass is 9.88. The minimum absolute atomic E-state index is 0.498. The lowest BCUT2D eigenvalue weighted by molar-refractivity contribution is -0.303. The Labute approximate surface area is 126 Å². The molecule has 1 amide bonds. The molecule has 10 nitrogen and oxygen atoms in total. The molecule has 6 N–H and O–H groups in total. The van der Waals surface area contributed by atoms with Gasteiger partial charge in [-0.05, 0) is 0 Å². The lowest BCUT2D eigenvalue weighted by Gasteiger charge is -2.46. The number of hydrogen-bond donors (Lipinski definition) is 6. The monoisotopic (exact) mass is 323 g/mol. The molecule has 0 aliphatic carbocycles. The van der Waals surface area contributed by atoms with Gasteiger partial charge in [-0.1, -0.05) is 0 Å². The molecule has 128 valence electrons. The minimum Gasteiger partial charge on any atom is -0.477 e. The zero-order valence-electron chi connectivity index (χ0n) is 12.2. The maximum absolute atomic E-state index is 11.3. The predicted octanol–water partition coefficient (Wildman–Crippen LogP) is -3.22. The van der Waals surface area contributed by atoms with E-state index in [-0.39, 0.29) is 0 Å². The van der Waals surface area contributed by atoms with Crippen LogP contribution in [0.25, 0.3) is 0 Å². The Hall–Kier alpha value is -1.30. The molecule has 1 fully saturated rings. The predicted molar refractivity (Wildman–Crippen MR) is 69.6 cm³/mol. The largest absolute Gasteiger partial charge is 0.477 e. The molecule has 0 unspecified atom stereocenters. The SMILES string of the molecule is CO[C@]1(C(=O)O)C[C@H](O)[C@H](NC(C)=O)[C@H]([C@H](O)[C@@H](O)CO)O1. The highest BCUT2D eigenvalue weighted by molar-refractivity contribution is 5.76. The van der Waals surface area contributed by atoms with E-state index in [1.165, 1.54) is 0 Å². The van der Waals surface area contributed by atoms with E-state index in [2.05, 4.69) is 5.32 Å². The van der Waals surface area contributed by atoms with Crippen LogP contribution in [0.4, 0.5) is 0 Å². The molecule has 1 aliphatic heterocycles. The van der Waals surface area contributed by atoms with Crippen LogP contribution in [0.15, 0.2) is 0 Å². The molecular weight excluding hydrogens is 302 g/mol. The van der Waals surface area contributed by atoms with E-state index in [1.54, 1.807) is 0 Å². The minimum atomic E-state index is -2.24. The number of aliphatic carboxylic acids is 1. The Bertz CT molecular complexity index is 417. The van der Waals surface area contributed by atoms with E-state index < -0.39 is 61.1 Å². The number of hydrogen-bond acceptors (Lipinski definition) is 8. The van der Waals surface area contributed by atoms with E-state index in [0.29, 0.717) is 0 Å². The van der Waals surface area contributed by atoms with Crippen LogP contribution in [0.1, 0.15) is 13.3 Å².